The Balaban J connectivity index is 3.15. The van der Waals surface area contributed by atoms with Gasteiger partial charge in [0.1, 0.15) is 0 Å². The van der Waals surface area contributed by atoms with E-state index in [1.807, 2.05) is 0 Å². The highest BCUT2D eigenvalue weighted by atomic mass is 19.4. The van der Waals surface area contributed by atoms with E-state index >= 15 is 0 Å². The Labute approximate surface area is 83.0 Å². The highest BCUT2D eigenvalue weighted by Crippen LogP contribution is 2.34. The van der Waals surface area contributed by atoms with E-state index in [1.54, 1.807) is 0 Å². The van der Waals surface area contributed by atoms with Crippen LogP contribution in [0.25, 0.3) is 0 Å². The Bertz CT molecular complexity index is 366. The first-order chi connectivity index (χ1) is 6.85. The van der Waals surface area contributed by atoms with Gasteiger partial charge < -0.3 is 21.9 Å². The Morgan fingerprint density at radius 3 is 2.40 bits per heavy atom. The molecular weight excluding hydrogens is 213 g/mol. The second kappa shape index (κ2) is 3.81. The standard InChI is InChI=1S/C7H9F3N4O/c8-7(9,10)15-5-4(12)3(1-11)2-14-6(5)13/h2H,1,11H2,(H4,12,13,14). The predicted octanol–water partition coefficient (Wildman–Crippen LogP) is 0.603. The monoisotopic (exact) mass is 222 g/mol. The minimum atomic E-state index is -4.86. The minimum Gasteiger partial charge on any atom is -0.400 e. The van der Waals surface area contributed by atoms with E-state index < -0.39 is 17.9 Å². The molecule has 0 aliphatic rings. The van der Waals surface area contributed by atoms with Gasteiger partial charge in [0.05, 0.1) is 5.69 Å². The maximum absolute atomic E-state index is 11.9. The van der Waals surface area contributed by atoms with Crippen LogP contribution in [0, 0.1) is 0 Å². The van der Waals surface area contributed by atoms with Crippen molar-refractivity contribution >= 4 is 11.5 Å². The molecule has 0 fully saturated rings. The molecule has 1 heterocycles. The number of nitrogen functional groups attached to an aromatic ring is 2. The molecule has 5 nitrogen and oxygen atoms in total. The maximum Gasteiger partial charge on any atom is 0.573 e. The molecule has 1 aromatic rings. The number of nitrogens with two attached hydrogens (primary N) is 3. The average molecular weight is 222 g/mol. The summed E-state index contributed by atoms with van der Waals surface area (Å²) in [4.78, 5) is 3.49. The fourth-order valence-electron chi connectivity index (χ4n) is 0.945. The molecule has 0 atom stereocenters. The zero-order valence-corrected chi connectivity index (χ0v) is 7.51. The Kier molecular flexibility index (Phi) is 2.89. The Morgan fingerprint density at radius 1 is 1.33 bits per heavy atom. The molecule has 0 aromatic carbocycles. The number of aromatic nitrogens is 1. The minimum absolute atomic E-state index is 0.0483. The number of hydrogen-bond acceptors (Lipinski definition) is 5. The first-order valence-electron chi connectivity index (χ1n) is 3.83. The number of nitrogens with zero attached hydrogens (tertiary/aromatic N) is 1. The molecule has 8 heteroatoms. The lowest BCUT2D eigenvalue weighted by atomic mass is 10.2. The smallest absolute Gasteiger partial charge is 0.400 e. The molecule has 0 saturated carbocycles. The van der Waals surface area contributed by atoms with Crippen molar-refractivity contribution in [3.63, 3.8) is 0 Å². The van der Waals surface area contributed by atoms with E-state index in [9.17, 15) is 13.2 Å². The first kappa shape index (κ1) is 11.4. The van der Waals surface area contributed by atoms with Gasteiger partial charge in [-0.2, -0.15) is 0 Å². The van der Waals surface area contributed by atoms with Crippen molar-refractivity contribution in [3.05, 3.63) is 11.8 Å². The van der Waals surface area contributed by atoms with Crippen LogP contribution in [-0.2, 0) is 6.54 Å². The molecule has 15 heavy (non-hydrogen) atoms. The summed E-state index contributed by atoms with van der Waals surface area (Å²) in [7, 11) is 0. The summed E-state index contributed by atoms with van der Waals surface area (Å²) < 4.78 is 39.5. The van der Waals surface area contributed by atoms with Crippen LogP contribution in [0.15, 0.2) is 6.20 Å². The lowest BCUT2D eigenvalue weighted by molar-refractivity contribution is -0.274. The summed E-state index contributed by atoms with van der Waals surface area (Å²) in [5.74, 6) is -1.13. The van der Waals surface area contributed by atoms with Crippen molar-refractivity contribution in [2.24, 2.45) is 5.73 Å². The van der Waals surface area contributed by atoms with Crippen molar-refractivity contribution in [3.8, 4) is 5.75 Å². The second-order valence-corrected chi connectivity index (χ2v) is 2.66. The lowest BCUT2D eigenvalue weighted by Crippen LogP contribution is -2.20. The first-order valence-corrected chi connectivity index (χ1v) is 3.83. The van der Waals surface area contributed by atoms with Gasteiger partial charge in [0, 0.05) is 18.3 Å². The zero-order chi connectivity index (χ0) is 11.6. The van der Waals surface area contributed by atoms with E-state index in [-0.39, 0.29) is 17.8 Å². The quantitative estimate of drug-likeness (QED) is 0.680. The van der Waals surface area contributed by atoms with E-state index in [2.05, 4.69) is 9.72 Å². The molecular formula is C7H9F3N4O. The molecule has 1 rings (SSSR count). The van der Waals surface area contributed by atoms with Crippen LogP contribution in [0.4, 0.5) is 24.7 Å². The topological polar surface area (TPSA) is 100 Å². The number of ether oxygens (including phenoxy) is 1. The third-order valence-electron chi connectivity index (χ3n) is 1.62. The molecule has 0 saturated heterocycles. The van der Waals surface area contributed by atoms with Crippen LogP contribution in [0.3, 0.4) is 0 Å². The molecule has 84 valence electrons. The Morgan fingerprint density at radius 2 is 1.93 bits per heavy atom. The molecule has 0 amide bonds. The van der Waals surface area contributed by atoms with Gasteiger partial charge in [-0.1, -0.05) is 0 Å². The SMILES string of the molecule is NCc1cnc(N)c(OC(F)(F)F)c1N. The molecule has 0 radical (unpaired) electrons. The number of hydrogen-bond donors (Lipinski definition) is 3. The van der Waals surface area contributed by atoms with Gasteiger partial charge in [-0.25, -0.2) is 4.98 Å². The van der Waals surface area contributed by atoms with Crippen molar-refractivity contribution in [1.29, 1.82) is 0 Å². The number of alkyl halides is 3. The predicted molar refractivity (Wildman–Crippen MR) is 47.6 cm³/mol. The van der Waals surface area contributed by atoms with Gasteiger partial charge in [-0.15, -0.1) is 13.2 Å². The van der Waals surface area contributed by atoms with Gasteiger partial charge in [0.2, 0.25) is 0 Å². The fraction of sp³-hybridized carbons (Fsp3) is 0.286. The van der Waals surface area contributed by atoms with Crippen molar-refractivity contribution < 1.29 is 17.9 Å². The third kappa shape index (κ3) is 2.62. The summed E-state index contributed by atoms with van der Waals surface area (Å²) in [5, 5.41) is 0. The average Bonchev–Trinajstić information content (AvgIpc) is 2.11. The van der Waals surface area contributed by atoms with Crippen molar-refractivity contribution in [2.75, 3.05) is 11.5 Å². The molecule has 0 aliphatic carbocycles. The second-order valence-electron chi connectivity index (χ2n) is 2.66. The number of pyridine rings is 1. The van der Waals surface area contributed by atoms with Crippen LogP contribution in [0.5, 0.6) is 5.75 Å². The van der Waals surface area contributed by atoms with Gasteiger partial charge in [-0.3, -0.25) is 0 Å². The van der Waals surface area contributed by atoms with Crippen LogP contribution < -0.4 is 21.9 Å². The van der Waals surface area contributed by atoms with Crippen molar-refractivity contribution in [1.82, 2.24) is 4.98 Å². The van der Waals surface area contributed by atoms with Crippen molar-refractivity contribution in [2.45, 2.75) is 12.9 Å². The van der Waals surface area contributed by atoms with E-state index in [4.69, 9.17) is 17.2 Å². The number of rotatable bonds is 2. The third-order valence-corrected chi connectivity index (χ3v) is 1.62. The fourth-order valence-corrected chi connectivity index (χ4v) is 0.945. The van der Waals surface area contributed by atoms with E-state index in [0.717, 1.165) is 0 Å². The summed E-state index contributed by atoms with van der Waals surface area (Å²) >= 11 is 0. The molecule has 1 aromatic heterocycles. The summed E-state index contributed by atoms with van der Waals surface area (Å²) in [6, 6.07) is 0. The van der Waals surface area contributed by atoms with Crippen LogP contribution in [0.1, 0.15) is 5.56 Å². The molecule has 0 spiro atoms. The van der Waals surface area contributed by atoms with Gasteiger partial charge in [0.15, 0.2) is 11.6 Å². The summed E-state index contributed by atoms with van der Waals surface area (Å²) in [6.07, 6.45) is -3.66. The van der Waals surface area contributed by atoms with Gasteiger partial charge >= 0.3 is 6.36 Å². The van der Waals surface area contributed by atoms with Crippen LogP contribution >= 0.6 is 0 Å². The summed E-state index contributed by atoms with van der Waals surface area (Å²) in [5.41, 5.74) is 15.8. The number of anilines is 2. The zero-order valence-electron chi connectivity index (χ0n) is 7.51. The highest BCUT2D eigenvalue weighted by Gasteiger charge is 2.33. The molecule has 0 unspecified atom stereocenters. The lowest BCUT2D eigenvalue weighted by Gasteiger charge is -2.14. The van der Waals surface area contributed by atoms with E-state index in [0.29, 0.717) is 0 Å². The largest absolute Gasteiger partial charge is 0.573 e. The molecule has 6 N–H and O–H groups in total. The van der Waals surface area contributed by atoms with Gasteiger partial charge in [0.25, 0.3) is 0 Å². The van der Waals surface area contributed by atoms with E-state index in [1.165, 1.54) is 6.20 Å². The highest BCUT2D eigenvalue weighted by molar-refractivity contribution is 5.67. The molecule has 0 bridgehead atoms. The normalized spacial score (nSPS) is 11.5. The molecule has 0 aliphatic heterocycles. The van der Waals surface area contributed by atoms with Crippen LogP contribution in [0.2, 0.25) is 0 Å². The number of halogens is 3. The maximum atomic E-state index is 11.9. The Hall–Kier alpha value is -1.70. The van der Waals surface area contributed by atoms with Gasteiger partial charge in [-0.05, 0) is 0 Å². The van der Waals surface area contributed by atoms with Crippen LogP contribution in [-0.4, -0.2) is 11.3 Å². The summed E-state index contributed by atoms with van der Waals surface area (Å²) in [6.45, 7) is -0.0483.